The van der Waals surface area contributed by atoms with Crippen molar-refractivity contribution in [1.29, 1.82) is 0 Å². The van der Waals surface area contributed by atoms with Crippen LogP contribution in [0.15, 0.2) is 36.5 Å². The van der Waals surface area contributed by atoms with Crippen LogP contribution in [-0.2, 0) is 4.79 Å². The quantitative estimate of drug-likeness (QED) is 0.894. The number of amides is 1. The molecular formula is C16H19N3O. The zero-order chi connectivity index (χ0) is 13.8. The third-order valence-electron chi connectivity index (χ3n) is 3.92. The summed E-state index contributed by atoms with van der Waals surface area (Å²) in [4.78, 5) is 12.2. The van der Waals surface area contributed by atoms with Crippen LogP contribution in [0.4, 0.5) is 5.69 Å². The number of hydrogen-bond donors (Lipinski definition) is 2. The lowest BCUT2D eigenvalue weighted by molar-refractivity contribution is -0.120. The van der Waals surface area contributed by atoms with Crippen LogP contribution in [-0.4, -0.2) is 16.1 Å². The molecule has 0 spiro atoms. The minimum atomic E-state index is 0.159. The first-order valence-corrected chi connectivity index (χ1v) is 7.23. The molecule has 104 valence electrons. The lowest BCUT2D eigenvalue weighted by atomic mass is 9.88. The molecule has 1 saturated carbocycles. The first-order chi connectivity index (χ1) is 9.83. The van der Waals surface area contributed by atoms with Crippen LogP contribution in [0.5, 0.6) is 0 Å². The molecule has 1 aromatic heterocycles. The number of carbonyl (C=O) groups excluding carboxylic acids is 1. The van der Waals surface area contributed by atoms with E-state index in [-0.39, 0.29) is 11.8 Å². The minimum Gasteiger partial charge on any atom is -0.326 e. The van der Waals surface area contributed by atoms with Gasteiger partial charge in [-0.05, 0) is 31.0 Å². The fraction of sp³-hybridized carbons (Fsp3) is 0.375. The van der Waals surface area contributed by atoms with Crippen LogP contribution < -0.4 is 5.32 Å². The molecule has 0 bridgehead atoms. The van der Waals surface area contributed by atoms with Crippen molar-refractivity contribution in [1.82, 2.24) is 10.2 Å². The summed E-state index contributed by atoms with van der Waals surface area (Å²) in [6.07, 6.45) is 7.37. The second-order valence-electron chi connectivity index (χ2n) is 5.38. The predicted octanol–water partition coefficient (Wildman–Crippen LogP) is 3.60. The maximum atomic E-state index is 12.2. The van der Waals surface area contributed by atoms with E-state index in [0.29, 0.717) is 0 Å². The van der Waals surface area contributed by atoms with Gasteiger partial charge in [-0.1, -0.05) is 31.4 Å². The molecular weight excluding hydrogens is 250 g/mol. The zero-order valence-electron chi connectivity index (χ0n) is 11.4. The molecule has 2 N–H and O–H groups in total. The molecule has 20 heavy (non-hydrogen) atoms. The molecule has 4 nitrogen and oxygen atoms in total. The van der Waals surface area contributed by atoms with Crippen molar-refractivity contribution in [3.63, 3.8) is 0 Å². The lowest BCUT2D eigenvalue weighted by Gasteiger charge is -2.20. The number of aromatic nitrogens is 2. The molecule has 2 aromatic rings. The molecule has 1 amide bonds. The number of rotatable bonds is 3. The molecule has 0 unspecified atom stereocenters. The molecule has 1 aromatic carbocycles. The van der Waals surface area contributed by atoms with Crippen molar-refractivity contribution in [3.8, 4) is 11.3 Å². The van der Waals surface area contributed by atoms with Crippen LogP contribution in [0, 0.1) is 5.92 Å². The van der Waals surface area contributed by atoms with Crippen LogP contribution in [0.25, 0.3) is 11.3 Å². The topological polar surface area (TPSA) is 57.8 Å². The molecule has 1 aliphatic rings. The SMILES string of the molecule is O=C(Nc1cccc(-c2ccn[nH]2)c1)C1CCCCC1. The van der Waals surface area contributed by atoms with Crippen LogP contribution >= 0.6 is 0 Å². The highest BCUT2D eigenvalue weighted by molar-refractivity contribution is 5.93. The Labute approximate surface area is 118 Å². The van der Waals surface area contributed by atoms with Crippen LogP contribution in [0.1, 0.15) is 32.1 Å². The Morgan fingerprint density at radius 1 is 1.20 bits per heavy atom. The van der Waals surface area contributed by atoms with Crippen LogP contribution in [0.3, 0.4) is 0 Å². The first kappa shape index (κ1) is 12.9. The van der Waals surface area contributed by atoms with Gasteiger partial charge in [-0.3, -0.25) is 9.89 Å². The van der Waals surface area contributed by atoms with Gasteiger partial charge >= 0.3 is 0 Å². The van der Waals surface area contributed by atoms with Crippen molar-refractivity contribution in [2.75, 3.05) is 5.32 Å². The van der Waals surface area contributed by atoms with Crippen molar-refractivity contribution < 1.29 is 4.79 Å². The maximum absolute atomic E-state index is 12.2. The Morgan fingerprint density at radius 3 is 2.80 bits per heavy atom. The highest BCUT2D eigenvalue weighted by atomic mass is 16.1. The van der Waals surface area contributed by atoms with Crippen LogP contribution in [0.2, 0.25) is 0 Å². The first-order valence-electron chi connectivity index (χ1n) is 7.23. The molecule has 3 rings (SSSR count). The van der Waals surface area contributed by atoms with E-state index in [0.717, 1.165) is 29.8 Å². The second-order valence-corrected chi connectivity index (χ2v) is 5.38. The van der Waals surface area contributed by atoms with Gasteiger partial charge in [0.15, 0.2) is 0 Å². The smallest absolute Gasteiger partial charge is 0.227 e. The number of aromatic amines is 1. The monoisotopic (exact) mass is 269 g/mol. The number of nitrogens with zero attached hydrogens (tertiary/aromatic N) is 1. The van der Waals surface area contributed by atoms with Gasteiger partial charge < -0.3 is 5.32 Å². The van der Waals surface area contributed by atoms with E-state index in [2.05, 4.69) is 15.5 Å². The predicted molar refractivity (Wildman–Crippen MR) is 79.2 cm³/mol. The second kappa shape index (κ2) is 5.90. The summed E-state index contributed by atoms with van der Waals surface area (Å²) < 4.78 is 0. The average Bonchev–Trinajstić information content (AvgIpc) is 3.03. The summed E-state index contributed by atoms with van der Waals surface area (Å²) >= 11 is 0. The molecule has 0 atom stereocenters. The van der Waals surface area contributed by atoms with E-state index in [1.807, 2.05) is 30.3 Å². The van der Waals surface area contributed by atoms with Crippen molar-refractivity contribution in [3.05, 3.63) is 36.5 Å². The molecule has 1 fully saturated rings. The Balaban J connectivity index is 1.71. The largest absolute Gasteiger partial charge is 0.326 e. The molecule has 1 aliphatic carbocycles. The Bertz CT molecular complexity index is 571. The van der Waals surface area contributed by atoms with E-state index in [1.165, 1.54) is 19.3 Å². The zero-order valence-corrected chi connectivity index (χ0v) is 11.4. The molecule has 0 saturated heterocycles. The summed E-state index contributed by atoms with van der Waals surface area (Å²) in [5.74, 6) is 0.339. The van der Waals surface area contributed by atoms with Crippen molar-refractivity contribution in [2.45, 2.75) is 32.1 Å². The van der Waals surface area contributed by atoms with Crippen molar-refractivity contribution in [2.24, 2.45) is 5.92 Å². The summed E-state index contributed by atoms with van der Waals surface area (Å²) in [5.41, 5.74) is 2.84. The van der Waals surface area contributed by atoms with E-state index >= 15 is 0 Å². The van der Waals surface area contributed by atoms with Crippen molar-refractivity contribution >= 4 is 11.6 Å². The van der Waals surface area contributed by atoms with Gasteiger partial charge in [0.1, 0.15) is 0 Å². The fourth-order valence-corrected chi connectivity index (χ4v) is 2.79. The van der Waals surface area contributed by atoms with Gasteiger partial charge in [0, 0.05) is 23.4 Å². The van der Waals surface area contributed by atoms with E-state index in [4.69, 9.17) is 0 Å². The summed E-state index contributed by atoms with van der Waals surface area (Å²) in [6.45, 7) is 0. The Morgan fingerprint density at radius 2 is 2.05 bits per heavy atom. The van der Waals surface area contributed by atoms with Gasteiger partial charge in [0.2, 0.25) is 5.91 Å². The number of hydrogen-bond acceptors (Lipinski definition) is 2. The summed E-state index contributed by atoms with van der Waals surface area (Å²) in [5, 5.41) is 9.93. The van der Waals surface area contributed by atoms with Gasteiger partial charge in [0.25, 0.3) is 0 Å². The third-order valence-corrected chi connectivity index (χ3v) is 3.92. The summed E-state index contributed by atoms with van der Waals surface area (Å²) in [7, 11) is 0. The maximum Gasteiger partial charge on any atom is 0.227 e. The third kappa shape index (κ3) is 2.90. The number of carbonyl (C=O) groups is 1. The average molecular weight is 269 g/mol. The highest BCUT2D eigenvalue weighted by Gasteiger charge is 2.21. The minimum absolute atomic E-state index is 0.159. The normalized spacial score (nSPS) is 16.0. The summed E-state index contributed by atoms with van der Waals surface area (Å²) in [6, 6.07) is 9.79. The number of H-pyrrole nitrogens is 1. The fourth-order valence-electron chi connectivity index (χ4n) is 2.79. The van der Waals surface area contributed by atoms with Gasteiger partial charge in [-0.2, -0.15) is 5.10 Å². The molecule has 0 radical (unpaired) electrons. The lowest BCUT2D eigenvalue weighted by Crippen LogP contribution is -2.24. The van der Waals surface area contributed by atoms with Gasteiger partial charge in [0.05, 0.1) is 5.69 Å². The molecule has 1 heterocycles. The van der Waals surface area contributed by atoms with Gasteiger partial charge in [-0.15, -0.1) is 0 Å². The van der Waals surface area contributed by atoms with E-state index in [1.54, 1.807) is 6.20 Å². The van der Waals surface area contributed by atoms with Gasteiger partial charge in [-0.25, -0.2) is 0 Å². The molecule has 4 heteroatoms. The van der Waals surface area contributed by atoms with E-state index in [9.17, 15) is 4.79 Å². The molecule has 0 aliphatic heterocycles. The Hall–Kier alpha value is -2.10. The standard InChI is InChI=1S/C16H19N3O/c20-16(12-5-2-1-3-6-12)18-14-8-4-7-13(11-14)15-9-10-17-19-15/h4,7-12H,1-3,5-6H2,(H,17,19)(H,18,20). The highest BCUT2D eigenvalue weighted by Crippen LogP contribution is 2.26. The Kier molecular flexibility index (Phi) is 3.81. The number of anilines is 1. The number of nitrogens with one attached hydrogen (secondary N) is 2. The van der Waals surface area contributed by atoms with E-state index < -0.39 is 0 Å². The number of benzene rings is 1.